The van der Waals surface area contributed by atoms with E-state index in [1.807, 2.05) is 0 Å². The molecule has 0 aromatic rings. The van der Waals surface area contributed by atoms with Gasteiger partial charge < -0.3 is 73.6 Å². The summed E-state index contributed by atoms with van der Waals surface area (Å²) in [6, 6.07) is -0.935. The van der Waals surface area contributed by atoms with Gasteiger partial charge in [-0.25, -0.2) is 4.79 Å². The third kappa shape index (κ3) is 10.5. The number of esters is 1. The van der Waals surface area contributed by atoms with Gasteiger partial charge in [0.15, 0.2) is 42.3 Å². The number of cyclic esters (lactones) is 1. The molecule has 22 unspecified atom stereocenters. The highest BCUT2D eigenvalue weighted by molar-refractivity contribution is 6.06. The number of hydrogen-bond acceptors (Lipinski definition) is 18. The number of ketones is 2. The van der Waals surface area contributed by atoms with Crippen molar-refractivity contribution in [2.75, 3.05) is 28.3 Å². The molecule has 0 amide bonds. The molecule has 370 valence electrons. The Kier molecular flexibility index (Phi) is 17.4. The number of carbonyl (C=O) groups is 4. The van der Waals surface area contributed by atoms with E-state index in [0.29, 0.717) is 0 Å². The summed E-state index contributed by atoms with van der Waals surface area (Å²) >= 11 is 0. The number of aliphatic hydroxyl groups excluding tert-OH is 5. The molecule has 0 aliphatic carbocycles. The largest absolute Gasteiger partial charge is 0.479 e. The number of likely N-dealkylation sites (N-methyl/N-ethyl adjacent to an activating group) is 1. The van der Waals surface area contributed by atoms with E-state index in [0.717, 1.165) is 0 Å². The van der Waals surface area contributed by atoms with Crippen LogP contribution in [0.5, 0.6) is 0 Å². The maximum absolute atomic E-state index is 14.4. The summed E-state index contributed by atoms with van der Waals surface area (Å²) in [4.78, 5) is 54.5. The molecule has 4 aliphatic heterocycles. The Morgan fingerprint density at radius 3 is 1.95 bits per heavy atom. The number of carboxylic acid groups (broad SMARTS) is 1. The average molecular weight is 923 g/mol. The maximum atomic E-state index is 14.4. The van der Waals surface area contributed by atoms with E-state index in [1.165, 1.54) is 28.1 Å². The van der Waals surface area contributed by atoms with Gasteiger partial charge in [0.2, 0.25) is 6.23 Å². The minimum atomic E-state index is -2.25. The third-order valence-electron chi connectivity index (χ3n) is 14.7. The van der Waals surface area contributed by atoms with Crippen LogP contribution in [0.15, 0.2) is 0 Å². The second kappa shape index (κ2) is 20.5. The molecule has 0 spiro atoms. The summed E-state index contributed by atoms with van der Waals surface area (Å²) in [6.07, 6.45) is -19.4. The minimum absolute atomic E-state index is 0.0114. The predicted molar refractivity (Wildman–Crippen MR) is 223 cm³/mol. The maximum Gasteiger partial charge on any atom is 0.335 e. The number of carbonyl (C=O) groups excluding carboxylic acids is 3. The zero-order valence-corrected chi connectivity index (χ0v) is 39.8. The van der Waals surface area contributed by atoms with Crippen LogP contribution in [0.1, 0.15) is 94.9 Å². The van der Waals surface area contributed by atoms with Crippen LogP contribution in [0.2, 0.25) is 0 Å². The van der Waals surface area contributed by atoms with Crippen LogP contribution in [-0.4, -0.2) is 201 Å². The molecule has 4 aliphatic rings. The molecular weight excluding hydrogens is 846 g/mol. The van der Waals surface area contributed by atoms with E-state index in [-0.39, 0.29) is 25.7 Å². The van der Waals surface area contributed by atoms with Gasteiger partial charge in [-0.3, -0.25) is 18.9 Å². The first-order valence-electron chi connectivity index (χ1n) is 22.3. The second-order valence-corrected chi connectivity index (χ2v) is 19.8. The molecular formula is C44H76NO19+. The molecule has 0 radical (unpaired) electrons. The zero-order chi connectivity index (χ0) is 48.8. The Morgan fingerprint density at radius 2 is 1.41 bits per heavy atom. The van der Waals surface area contributed by atoms with Gasteiger partial charge in [0.25, 0.3) is 0 Å². The molecule has 0 aromatic carbocycles. The lowest BCUT2D eigenvalue weighted by Gasteiger charge is -2.54. The summed E-state index contributed by atoms with van der Waals surface area (Å²) in [5.41, 5.74) is -4.89. The summed E-state index contributed by atoms with van der Waals surface area (Å²) in [5, 5.41) is 77.1. The predicted octanol–water partition coefficient (Wildman–Crippen LogP) is 0.0549. The van der Waals surface area contributed by atoms with E-state index >= 15 is 0 Å². The molecule has 0 saturated carbocycles. The number of methoxy groups -OCH3 is 2. The van der Waals surface area contributed by atoms with Crippen molar-refractivity contribution < 1.29 is 97.3 Å². The van der Waals surface area contributed by atoms with Crippen molar-refractivity contribution in [3.8, 4) is 0 Å². The van der Waals surface area contributed by atoms with Crippen molar-refractivity contribution >= 4 is 23.5 Å². The van der Waals surface area contributed by atoms with Gasteiger partial charge in [-0.15, -0.1) is 0 Å². The summed E-state index contributed by atoms with van der Waals surface area (Å²) in [5.74, 6) is -8.16. The fourth-order valence-corrected chi connectivity index (χ4v) is 10.4. The Labute approximate surface area is 375 Å². The van der Waals surface area contributed by atoms with E-state index in [9.17, 15) is 54.9 Å². The van der Waals surface area contributed by atoms with Crippen molar-refractivity contribution in [1.29, 1.82) is 0 Å². The fourth-order valence-electron chi connectivity index (χ4n) is 10.4. The van der Waals surface area contributed by atoms with Gasteiger partial charge in [0, 0.05) is 38.9 Å². The number of rotatable bonds is 10. The minimum Gasteiger partial charge on any atom is -0.479 e. The van der Waals surface area contributed by atoms with E-state index in [2.05, 4.69) is 0 Å². The van der Waals surface area contributed by atoms with Gasteiger partial charge in [-0.1, -0.05) is 20.8 Å². The highest BCUT2D eigenvalue weighted by Gasteiger charge is 2.59. The highest BCUT2D eigenvalue weighted by Crippen LogP contribution is 2.43. The Hall–Kier alpha value is -2.28. The number of Topliss-reactive ketones (excluding diaryl/α,β-unsaturated/α-hetero) is 2. The second-order valence-electron chi connectivity index (χ2n) is 19.8. The summed E-state index contributed by atoms with van der Waals surface area (Å²) in [7, 11) is 5.96. The first-order chi connectivity index (χ1) is 29.4. The number of hydrogen-bond donors (Lipinski definition) is 7. The molecule has 4 saturated heterocycles. The first-order valence-corrected chi connectivity index (χ1v) is 22.3. The number of ether oxygens (including phenoxy) is 8. The van der Waals surface area contributed by atoms with Crippen LogP contribution in [0.3, 0.4) is 0 Å². The van der Waals surface area contributed by atoms with E-state index in [4.69, 9.17) is 37.9 Å². The van der Waals surface area contributed by atoms with Gasteiger partial charge in [-0.2, -0.15) is 0 Å². The van der Waals surface area contributed by atoms with Crippen LogP contribution in [0, 0.1) is 23.7 Å². The van der Waals surface area contributed by atoms with Crippen LogP contribution in [0.25, 0.3) is 0 Å². The number of aliphatic carboxylic acids is 1. The Morgan fingerprint density at radius 1 is 0.812 bits per heavy atom. The number of quaternary nitrogens is 1. The zero-order valence-electron chi connectivity index (χ0n) is 39.8. The molecule has 7 N–H and O–H groups in total. The molecule has 22 atom stereocenters. The van der Waals surface area contributed by atoms with Crippen molar-refractivity contribution in [1.82, 2.24) is 0 Å². The highest BCUT2D eigenvalue weighted by atomic mass is 16.7. The quantitative estimate of drug-likeness (QED) is 0.0866. The van der Waals surface area contributed by atoms with Crippen LogP contribution in [-0.2, 0) is 57.1 Å². The Bertz CT molecular complexity index is 1650. The van der Waals surface area contributed by atoms with Gasteiger partial charge >= 0.3 is 11.9 Å². The van der Waals surface area contributed by atoms with Crippen molar-refractivity contribution in [3.05, 3.63) is 0 Å². The van der Waals surface area contributed by atoms with Crippen molar-refractivity contribution in [2.45, 2.75) is 204 Å². The number of aliphatic hydroxyl groups is 6. The number of nitrogens with zero attached hydrogens (tertiary/aromatic N) is 1. The molecule has 64 heavy (non-hydrogen) atoms. The molecule has 20 nitrogen and oxygen atoms in total. The van der Waals surface area contributed by atoms with E-state index < -0.39 is 160 Å². The molecule has 20 heteroatoms. The van der Waals surface area contributed by atoms with E-state index in [1.54, 1.807) is 69.5 Å². The van der Waals surface area contributed by atoms with Gasteiger partial charge in [0.05, 0.1) is 61.5 Å². The lowest BCUT2D eigenvalue weighted by molar-refractivity contribution is -0.971. The Balaban J connectivity index is 1.87. The fraction of sp³-hybridized carbons (Fsp3) is 0.909. The average Bonchev–Trinajstić information content (AvgIpc) is 3.23. The molecule has 0 aromatic heterocycles. The third-order valence-corrected chi connectivity index (χ3v) is 14.7. The lowest BCUT2D eigenvalue weighted by atomic mass is 9.74. The lowest BCUT2D eigenvalue weighted by Crippen LogP contribution is -2.74. The number of carboxylic acids is 1. The first kappa shape index (κ1) is 54.3. The summed E-state index contributed by atoms with van der Waals surface area (Å²) in [6.45, 7) is 15.8. The van der Waals surface area contributed by atoms with Crippen molar-refractivity contribution in [2.24, 2.45) is 23.7 Å². The molecule has 4 rings (SSSR count). The monoisotopic (exact) mass is 923 g/mol. The molecule has 4 fully saturated rings. The van der Waals surface area contributed by atoms with Gasteiger partial charge in [-0.05, 0) is 61.3 Å². The van der Waals surface area contributed by atoms with Crippen LogP contribution in [0.4, 0.5) is 0 Å². The summed E-state index contributed by atoms with van der Waals surface area (Å²) < 4.78 is 49.3. The van der Waals surface area contributed by atoms with Crippen LogP contribution >= 0.6 is 0 Å². The normalized spacial score (nSPS) is 48.3. The van der Waals surface area contributed by atoms with Crippen molar-refractivity contribution in [3.63, 3.8) is 0 Å². The molecule has 4 heterocycles. The standard InChI is InChI=1S/C44H75NO19/c1-15-26-44(10,56)35(51)21(4)28(46)19(2)17-43(9,58-14)37(22(5)33(23(6)40(55)61-26)62-27-18-42(8,57-13)36(52)24(7)60-27)64-41-29(47)25(16-20(3)59-41)45(11,12)38-32(50)30(48)31(49)34(63-38)39(53)54/h19-27,29-34,36-38,41,47-50,52,56H,15-18H2,1-14H3/p+1. The SMILES string of the molecule is CCC1OC(=O)C(C)C(OC2CC(C)(OC)C(O)C(C)O2)C(C)C(OC2OC(C)CC([N+](C)(C)C3OC(C(=O)O)C(O)C(O)C3O)C2O)C(C)(OC)CC(C)C(=O)C(C)C(=O)C1(C)O. The smallest absolute Gasteiger partial charge is 0.335 e. The molecule has 0 bridgehead atoms. The van der Waals surface area contributed by atoms with Crippen LogP contribution < -0.4 is 0 Å². The topological polar surface area (TPSA) is 284 Å². The van der Waals surface area contributed by atoms with Gasteiger partial charge in [0.1, 0.15) is 36.2 Å².